The Bertz CT molecular complexity index is 853. The predicted octanol–water partition coefficient (Wildman–Crippen LogP) is 0.606. The summed E-state index contributed by atoms with van der Waals surface area (Å²) in [5.41, 5.74) is 0.152. The molecule has 0 saturated carbocycles. The molecule has 2 saturated heterocycles. The van der Waals surface area contributed by atoms with Crippen molar-refractivity contribution in [2.24, 2.45) is 0 Å². The molecular weight excluding hydrogens is 380 g/mol. The minimum atomic E-state index is -3.57. The second-order valence-electron chi connectivity index (χ2n) is 7.96. The van der Waals surface area contributed by atoms with E-state index >= 15 is 0 Å². The first-order valence-corrected chi connectivity index (χ1v) is 11.2. The molecule has 4 rings (SSSR count). The van der Waals surface area contributed by atoms with Crippen LogP contribution in [-0.2, 0) is 20.3 Å². The molecule has 9 heteroatoms. The van der Waals surface area contributed by atoms with E-state index in [1.807, 2.05) is 40.9 Å². The summed E-state index contributed by atoms with van der Waals surface area (Å²) in [5, 5.41) is 0. The van der Waals surface area contributed by atoms with Crippen molar-refractivity contribution in [3.63, 3.8) is 0 Å². The third kappa shape index (κ3) is 3.10. The van der Waals surface area contributed by atoms with Crippen molar-refractivity contribution in [2.45, 2.75) is 16.9 Å². The third-order valence-electron chi connectivity index (χ3n) is 5.98. The zero-order valence-corrected chi connectivity index (χ0v) is 17.3. The molecule has 3 aliphatic heterocycles. The van der Waals surface area contributed by atoms with Gasteiger partial charge in [0.2, 0.25) is 10.0 Å². The van der Waals surface area contributed by atoms with Crippen molar-refractivity contribution in [2.75, 3.05) is 66.6 Å². The molecule has 3 aliphatic rings. The molecular formula is C19H28N4O4S. The first-order chi connectivity index (χ1) is 13.4. The van der Waals surface area contributed by atoms with Crippen molar-refractivity contribution in [1.29, 1.82) is 0 Å². The molecule has 3 heterocycles. The molecule has 1 spiro atoms. The minimum Gasteiger partial charge on any atom is -0.378 e. The Morgan fingerprint density at radius 1 is 1.14 bits per heavy atom. The van der Waals surface area contributed by atoms with Crippen LogP contribution >= 0.6 is 0 Å². The van der Waals surface area contributed by atoms with E-state index in [9.17, 15) is 13.2 Å². The number of amides is 2. The molecule has 2 amide bonds. The maximum absolute atomic E-state index is 13.3. The van der Waals surface area contributed by atoms with Crippen molar-refractivity contribution in [3.8, 4) is 0 Å². The lowest BCUT2D eigenvalue weighted by Crippen LogP contribution is -2.51. The van der Waals surface area contributed by atoms with Gasteiger partial charge >= 0.3 is 6.03 Å². The van der Waals surface area contributed by atoms with Gasteiger partial charge < -0.3 is 19.4 Å². The SMILES string of the molecule is CN(C)CCN1[C@]2(CCN(C(=O)N3CCOCC3)C2)c2ccccc2S1(=O)=O. The van der Waals surface area contributed by atoms with Crippen LogP contribution in [0.15, 0.2) is 29.2 Å². The minimum absolute atomic E-state index is 0.0190. The van der Waals surface area contributed by atoms with Gasteiger partial charge in [-0.05, 0) is 32.1 Å². The highest BCUT2D eigenvalue weighted by atomic mass is 32.2. The number of likely N-dealkylation sites (tertiary alicyclic amines) is 1. The van der Waals surface area contributed by atoms with Crippen LogP contribution in [0.3, 0.4) is 0 Å². The van der Waals surface area contributed by atoms with Gasteiger partial charge in [-0.1, -0.05) is 18.2 Å². The lowest BCUT2D eigenvalue weighted by atomic mass is 9.89. The van der Waals surface area contributed by atoms with Gasteiger partial charge in [-0.15, -0.1) is 0 Å². The topological polar surface area (TPSA) is 73.4 Å². The lowest BCUT2D eigenvalue weighted by molar-refractivity contribution is 0.0439. The van der Waals surface area contributed by atoms with Crippen molar-refractivity contribution in [3.05, 3.63) is 29.8 Å². The highest BCUT2D eigenvalue weighted by Gasteiger charge is 2.57. The third-order valence-corrected chi connectivity index (χ3v) is 8.01. The van der Waals surface area contributed by atoms with Crippen molar-refractivity contribution < 1.29 is 17.9 Å². The van der Waals surface area contributed by atoms with E-state index in [1.165, 1.54) is 0 Å². The van der Waals surface area contributed by atoms with E-state index in [4.69, 9.17) is 4.74 Å². The van der Waals surface area contributed by atoms with Crippen LogP contribution in [0.2, 0.25) is 0 Å². The molecule has 154 valence electrons. The molecule has 0 aliphatic carbocycles. The number of carbonyl (C=O) groups excluding carboxylic acids is 1. The maximum Gasteiger partial charge on any atom is 0.320 e. The van der Waals surface area contributed by atoms with E-state index < -0.39 is 15.6 Å². The van der Waals surface area contributed by atoms with Gasteiger partial charge in [0.15, 0.2) is 0 Å². The largest absolute Gasteiger partial charge is 0.378 e. The zero-order chi connectivity index (χ0) is 19.9. The Morgan fingerprint density at radius 3 is 2.57 bits per heavy atom. The number of rotatable bonds is 3. The number of ether oxygens (including phenoxy) is 1. The molecule has 1 atom stereocenters. The summed E-state index contributed by atoms with van der Waals surface area (Å²) in [7, 11) is 0.299. The number of urea groups is 1. The fraction of sp³-hybridized carbons (Fsp3) is 0.632. The second-order valence-corrected chi connectivity index (χ2v) is 9.79. The molecule has 0 bridgehead atoms. The number of likely N-dealkylation sites (N-methyl/N-ethyl adjacent to an activating group) is 1. The lowest BCUT2D eigenvalue weighted by Gasteiger charge is -2.36. The smallest absolute Gasteiger partial charge is 0.320 e. The molecule has 1 aromatic carbocycles. The molecule has 1 aromatic rings. The van der Waals surface area contributed by atoms with Crippen LogP contribution < -0.4 is 0 Å². The fourth-order valence-electron chi connectivity index (χ4n) is 4.52. The number of sulfonamides is 1. The summed E-state index contributed by atoms with van der Waals surface area (Å²) in [6.45, 7) is 4.26. The molecule has 0 radical (unpaired) electrons. The summed E-state index contributed by atoms with van der Waals surface area (Å²) in [6.07, 6.45) is 0.618. The van der Waals surface area contributed by atoms with Crippen LogP contribution in [-0.4, -0.2) is 100 Å². The number of carbonyl (C=O) groups is 1. The van der Waals surface area contributed by atoms with Gasteiger partial charge in [0.1, 0.15) is 0 Å². The Morgan fingerprint density at radius 2 is 1.86 bits per heavy atom. The number of hydrogen-bond acceptors (Lipinski definition) is 5. The van der Waals surface area contributed by atoms with Crippen molar-refractivity contribution >= 4 is 16.1 Å². The normalized spacial score (nSPS) is 27.0. The first-order valence-electron chi connectivity index (χ1n) is 9.75. The highest BCUT2D eigenvalue weighted by Crippen LogP contribution is 2.49. The predicted molar refractivity (Wildman–Crippen MR) is 105 cm³/mol. The van der Waals surface area contributed by atoms with E-state index in [-0.39, 0.29) is 6.03 Å². The van der Waals surface area contributed by atoms with E-state index in [2.05, 4.69) is 0 Å². The van der Waals surface area contributed by atoms with Gasteiger partial charge in [0, 0.05) is 39.3 Å². The highest BCUT2D eigenvalue weighted by molar-refractivity contribution is 7.89. The quantitative estimate of drug-likeness (QED) is 0.733. The summed E-state index contributed by atoms with van der Waals surface area (Å²) in [4.78, 5) is 19.0. The second kappa shape index (κ2) is 7.29. The molecule has 0 aromatic heterocycles. The number of morpholine rings is 1. The standard InChI is InChI=1S/C19H28N4O4S/c1-20(2)9-10-23-19(16-5-3-4-6-17(16)28(23,25)26)7-8-22(15-19)18(24)21-11-13-27-14-12-21/h3-6H,7-15H2,1-2H3/t19-/m0/s1. The Kier molecular flexibility index (Phi) is 5.11. The van der Waals surface area contributed by atoms with Crippen LogP contribution in [0.5, 0.6) is 0 Å². The van der Waals surface area contributed by atoms with Crippen LogP contribution in [0.1, 0.15) is 12.0 Å². The van der Waals surface area contributed by atoms with Crippen LogP contribution in [0.4, 0.5) is 4.79 Å². The van der Waals surface area contributed by atoms with Gasteiger partial charge in [0.05, 0.1) is 23.6 Å². The van der Waals surface area contributed by atoms with Gasteiger partial charge in [0.25, 0.3) is 0 Å². The average Bonchev–Trinajstić information content (AvgIpc) is 3.20. The van der Waals surface area contributed by atoms with Gasteiger partial charge in [-0.3, -0.25) is 0 Å². The van der Waals surface area contributed by atoms with E-state index in [0.717, 1.165) is 5.56 Å². The summed E-state index contributed by atoms with van der Waals surface area (Å²) in [5.74, 6) is 0. The monoisotopic (exact) mass is 408 g/mol. The summed E-state index contributed by atoms with van der Waals surface area (Å²) < 4.78 is 33.6. The Balaban J connectivity index is 1.66. The van der Waals surface area contributed by atoms with Gasteiger partial charge in [-0.2, -0.15) is 4.31 Å². The van der Waals surface area contributed by atoms with Crippen LogP contribution in [0.25, 0.3) is 0 Å². The molecule has 2 fully saturated rings. The average molecular weight is 409 g/mol. The maximum atomic E-state index is 13.3. The zero-order valence-electron chi connectivity index (χ0n) is 16.5. The Labute approximate surface area is 166 Å². The van der Waals surface area contributed by atoms with Crippen LogP contribution in [0, 0.1) is 0 Å². The summed E-state index contributed by atoms with van der Waals surface area (Å²) >= 11 is 0. The van der Waals surface area contributed by atoms with E-state index in [1.54, 1.807) is 16.4 Å². The van der Waals surface area contributed by atoms with Gasteiger partial charge in [-0.25, -0.2) is 13.2 Å². The number of benzene rings is 1. The van der Waals surface area contributed by atoms with Crippen molar-refractivity contribution in [1.82, 2.24) is 19.0 Å². The van der Waals surface area contributed by atoms with E-state index in [0.29, 0.717) is 63.8 Å². The number of fused-ring (bicyclic) bond motifs is 2. The first kappa shape index (κ1) is 19.6. The number of nitrogens with zero attached hydrogens (tertiary/aromatic N) is 4. The molecule has 28 heavy (non-hydrogen) atoms. The number of hydrogen-bond donors (Lipinski definition) is 0. The molecule has 0 unspecified atom stereocenters. The Hall–Kier alpha value is -1.68. The molecule has 0 N–H and O–H groups in total. The summed E-state index contributed by atoms with van der Waals surface area (Å²) in [6, 6.07) is 7.23. The fourth-order valence-corrected chi connectivity index (χ4v) is 6.57. The molecule has 8 nitrogen and oxygen atoms in total.